The van der Waals surface area contributed by atoms with E-state index in [1.54, 1.807) is 18.2 Å². The zero-order chi connectivity index (χ0) is 25.7. The number of fused-ring (bicyclic) bond motifs is 1. The number of amides is 1. The Morgan fingerprint density at radius 3 is 2.64 bits per heavy atom. The van der Waals surface area contributed by atoms with Crippen molar-refractivity contribution < 1.29 is 13.9 Å². The van der Waals surface area contributed by atoms with E-state index in [4.69, 9.17) is 26.4 Å². The summed E-state index contributed by atoms with van der Waals surface area (Å²) in [5, 5.41) is 5.99. The summed E-state index contributed by atoms with van der Waals surface area (Å²) in [7, 11) is 0. The number of carbonyl (C=O) groups excluding carboxylic acids is 1. The molecule has 0 saturated carbocycles. The third-order valence-corrected chi connectivity index (χ3v) is 6.07. The van der Waals surface area contributed by atoms with Crippen molar-refractivity contribution in [2.75, 3.05) is 11.9 Å². The maximum atomic E-state index is 12.7. The molecule has 0 fully saturated rings. The summed E-state index contributed by atoms with van der Waals surface area (Å²) in [6.07, 6.45) is 1.07. The number of anilines is 1. The molecule has 0 aliphatic heterocycles. The van der Waals surface area contributed by atoms with Crippen molar-refractivity contribution in [3.63, 3.8) is 0 Å². The largest absolute Gasteiger partial charge is 0.493 e. The number of rotatable bonds is 8. The highest BCUT2D eigenvalue weighted by molar-refractivity contribution is 7.80. The van der Waals surface area contributed by atoms with Crippen molar-refractivity contribution >= 4 is 40.0 Å². The van der Waals surface area contributed by atoms with Crippen molar-refractivity contribution in [2.45, 2.75) is 40.0 Å². The lowest BCUT2D eigenvalue weighted by molar-refractivity contribution is 0.0977. The molecule has 0 aliphatic carbocycles. The van der Waals surface area contributed by atoms with Crippen LogP contribution in [0.1, 0.15) is 56.0 Å². The summed E-state index contributed by atoms with van der Waals surface area (Å²) in [6.45, 7) is 9.11. The molecule has 6 nitrogen and oxygen atoms in total. The Bertz CT molecular complexity index is 1380. The fraction of sp³-hybridized carbons (Fsp3) is 0.276. The number of hydrogen-bond donors (Lipinski definition) is 2. The van der Waals surface area contributed by atoms with Crippen LogP contribution in [0.15, 0.2) is 71.1 Å². The minimum Gasteiger partial charge on any atom is -0.493 e. The average Bonchev–Trinajstić information content (AvgIpc) is 3.31. The fourth-order valence-electron chi connectivity index (χ4n) is 3.67. The minimum absolute atomic E-state index is 0.196. The molecule has 1 amide bonds. The molecule has 186 valence electrons. The van der Waals surface area contributed by atoms with Gasteiger partial charge in [0.15, 0.2) is 10.7 Å². The van der Waals surface area contributed by atoms with E-state index in [1.165, 1.54) is 5.56 Å². The van der Waals surface area contributed by atoms with Gasteiger partial charge in [0.05, 0.1) is 6.61 Å². The second-order valence-corrected chi connectivity index (χ2v) is 9.69. The zero-order valence-corrected chi connectivity index (χ0v) is 21.8. The molecule has 2 N–H and O–H groups in total. The molecule has 0 unspecified atom stereocenters. The molecule has 0 radical (unpaired) electrons. The number of benzene rings is 3. The lowest BCUT2D eigenvalue weighted by atomic mass is 9.98. The molecule has 7 heteroatoms. The normalized spacial score (nSPS) is 11.9. The molecule has 0 bridgehead atoms. The van der Waals surface area contributed by atoms with Gasteiger partial charge in [0.25, 0.3) is 5.91 Å². The second-order valence-electron chi connectivity index (χ2n) is 9.28. The summed E-state index contributed by atoms with van der Waals surface area (Å²) >= 11 is 5.38. The first-order chi connectivity index (χ1) is 17.3. The summed E-state index contributed by atoms with van der Waals surface area (Å²) < 4.78 is 11.7. The van der Waals surface area contributed by atoms with Crippen molar-refractivity contribution in [1.29, 1.82) is 0 Å². The Kier molecular flexibility index (Phi) is 8.00. The summed E-state index contributed by atoms with van der Waals surface area (Å²) in [6, 6.07) is 20.8. The third kappa shape index (κ3) is 6.29. The highest BCUT2D eigenvalue weighted by atomic mass is 32.1. The summed E-state index contributed by atoms with van der Waals surface area (Å²) in [5.41, 5.74) is 4.83. The molecule has 1 atom stereocenters. The number of thiocarbonyl (C=S) groups is 1. The van der Waals surface area contributed by atoms with E-state index in [0.29, 0.717) is 35.6 Å². The van der Waals surface area contributed by atoms with E-state index in [9.17, 15) is 4.79 Å². The smallest absolute Gasteiger partial charge is 0.257 e. The molecule has 0 saturated heterocycles. The number of hydrogen-bond acceptors (Lipinski definition) is 5. The Morgan fingerprint density at radius 1 is 1.06 bits per heavy atom. The molecule has 0 aliphatic rings. The van der Waals surface area contributed by atoms with Gasteiger partial charge in [-0.1, -0.05) is 45.9 Å². The first-order valence-corrected chi connectivity index (χ1v) is 12.6. The fourth-order valence-corrected chi connectivity index (χ4v) is 3.88. The summed E-state index contributed by atoms with van der Waals surface area (Å²) in [5.74, 6) is 1.73. The van der Waals surface area contributed by atoms with Crippen LogP contribution in [-0.2, 0) is 0 Å². The topological polar surface area (TPSA) is 76.4 Å². The van der Waals surface area contributed by atoms with E-state index in [1.807, 2.05) is 36.4 Å². The number of nitrogens with one attached hydrogen (secondary N) is 2. The van der Waals surface area contributed by atoms with Gasteiger partial charge in [0.2, 0.25) is 5.89 Å². The van der Waals surface area contributed by atoms with Crippen LogP contribution < -0.4 is 15.4 Å². The first-order valence-electron chi connectivity index (χ1n) is 12.2. The average molecular weight is 502 g/mol. The van der Waals surface area contributed by atoms with Gasteiger partial charge in [-0.25, -0.2) is 4.98 Å². The Morgan fingerprint density at radius 2 is 1.86 bits per heavy atom. The molecule has 1 aromatic heterocycles. The van der Waals surface area contributed by atoms with Crippen molar-refractivity contribution in [1.82, 2.24) is 10.3 Å². The SMILES string of the molecule is CC[C@H](C)c1ccc2oc(-c3cccc(NC(=S)NC(=O)c4cccc(OCC(C)C)c4)c3)nc2c1. The van der Waals surface area contributed by atoms with Gasteiger partial charge in [0.1, 0.15) is 11.3 Å². The number of nitrogens with zero attached hydrogens (tertiary/aromatic N) is 1. The van der Waals surface area contributed by atoms with Crippen molar-refractivity contribution in [3.8, 4) is 17.2 Å². The molecule has 36 heavy (non-hydrogen) atoms. The minimum atomic E-state index is -0.310. The molecular formula is C29H31N3O3S. The summed E-state index contributed by atoms with van der Waals surface area (Å²) in [4.78, 5) is 17.4. The zero-order valence-electron chi connectivity index (χ0n) is 21.0. The quantitative estimate of drug-likeness (QED) is 0.249. The van der Waals surface area contributed by atoms with Gasteiger partial charge in [-0.15, -0.1) is 0 Å². The predicted octanol–water partition coefficient (Wildman–Crippen LogP) is 7.17. The number of carbonyl (C=O) groups is 1. The van der Waals surface area contributed by atoms with Gasteiger partial charge in [0, 0.05) is 16.8 Å². The van der Waals surface area contributed by atoms with E-state index in [0.717, 1.165) is 28.8 Å². The molecule has 1 heterocycles. The Labute approximate surface area is 217 Å². The van der Waals surface area contributed by atoms with Crippen LogP contribution in [0.5, 0.6) is 5.75 Å². The van der Waals surface area contributed by atoms with Gasteiger partial charge in [-0.2, -0.15) is 0 Å². The highest BCUT2D eigenvalue weighted by Crippen LogP contribution is 2.29. The standard InChI is InChI=1S/C29H31N3O3S/c1-5-19(4)20-12-13-26-25(16-20)31-28(35-26)22-9-6-10-23(14-22)30-29(36)32-27(33)21-8-7-11-24(15-21)34-17-18(2)3/h6-16,18-19H,5,17H2,1-4H3,(H2,30,32,33,36)/t19-/m0/s1. The number of ether oxygens (including phenoxy) is 1. The number of aromatic nitrogens is 1. The van der Waals surface area contributed by atoms with Gasteiger partial charge >= 0.3 is 0 Å². The van der Waals surface area contributed by atoms with Crippen molar-refractivity contribution in [3.05, 3.63) is 77.9 Å². The third-order valence-electron chi connectivity index (χ3n) is 5.87. The maximum Gasteiger partial charge on any atom is 0.257 e. The highest BCUT2D eigenvalue weighted by Gasteiger charge is 2.13. The van der Waals surface area contributed by atoms with Crippen LogP contribution in [0.3, 0.4) is 0 Å². The van der Waals surface area contributed by atoms with E-state index < -0.39 is 0 Å². The van der Waals surface area contributed by atoms with Crippen molar-refractivity contribution in [2.24, 2.45) is 5.92 Å². The van der Waals surface area contributed by atoms with Crippen LogP contribution >= 0.6 is 12.2 Å². The van der Waals surface area contributed by atoms with Crippen LogP contribution in [0.2, 0.25) is 0 Å². The first kappa shape index (κ1) is 25.4. The Balaban J connectivity index is 1.43. The molecule has 0 spiro atoms. The predicted molar refractivity (Wildman–Crippen MR) is 149 cm³/mol. The van der Waals surface area contributed by atoms with E-state index in [-0.39, 0.29) is 11.0 Å². The van der Waals surface area contributed by atoms with Gasteiger partial charge < -0.3 is 14.5 Å². The number of oxazole rings is 1. The van der Waals surface area contributed by atoms with Crippen LogP contribution in [0.4, 0.5) is 5.69 Å². The second kappa shape index (κ2) is 11.4. The molecule has 3 aromatic carbocycles. The van der Waals surface area contributed by atoms with E-state index in [2.05, 4.69) is 50.5 Å². The lowest BCUT2D eigenvalue weighted by Gasteiger charge is -2.12. The Hall–Kier alpha value is -3.71. The lowest BCUT2D eigenvalue weighted by Crippen LogP contribution is -2.34. The van der Waals surface area contributed by atoms with Crippen LogP contribution in [0, 0.1) is 5.92 Å². The molecule has 4 aromatic rings. The van der Waals surface area contributed by atoms with Crippen LogP contribution in [-0.4, -0.2) is 22.6 Å². The monoisotopic (exact) mass is 501 g/mol. The maximum absolute atomic E-state index is 12.7. The van der Waals surface area contributed by atoms with Gasteiger partial charge in [-0.3, -0.25) is 10.1 Å². The molecule has 4 rings (SSSR count). The molecular weight excluding hydrogens is 470 g/mol. The van der Waals surface area contributed by atoms with Crippen LogP contribution in [0.25, 0.3) is 22.6 Å². The van der Waals surface area contributed by atoms with E-state index >= 15 is 0 Å². The van der Waals surface area contributed by atoms with Gasteiger partial charge in [-0.05, 0) is 84.6 Å².